The molecule has 5 heteroatoms. The van der Waals surface area contributed by atoms with Crippen molar-refractivity contribution in [1.82, 2.24) is 0 Å². The van der Waals surface area contributed by atoms with Crippen LogP contribution in [0.15, 0.2) is 29.8 Å². The first-order valence-electron chi connectivity index (χ1n) is 7.34. The van der Waals surface area contributed by atoms with E-state index in [1.807, 2.05) is 0 Å². The number of rotatable bonds is 5. The molecule has 0 aliphatic carbocycles. The molecule has 0 fully saturated rings. The van der Waals surface area contributed by atoms with Crippen LogP contribution in [-0.4, -0.2) is 30.5 Å². The van der Waals surface area contributed by atoms with Crippen LogP contribution >= 0.6 is 0 Å². The average Bonchev–Trinajstić information content (AvgIpc) is 2.50. The number of allylic oxidation sites excluding steroid dienone is 1. The van der Waals surface area contributed by atoms with E-state index < -0.39 is 17.4 Å². The maximum absolute atomic E-state index is 12.6. The number of aliphatic hydroxyl groups excluding tert-OH is 1. The molecular weight excluding hydrogens is 283 g/mol. The third kappa shape index (κ3) is 6.51. The molecule has 1 aromatic carbocycles. The largest absolute Gasteiger partial charge is 0.506 e. The predicted octanol–water partition coefficient (Wildman–Crippen LogP) is 2.14. The van der Waals surface area contributed by atoms with Crippen LogP contribution in [0.2, 0.25) is 0 Å². The number of carbonyl (C=O) groups is 1. The number of aliphatic hydroxyl groups is 1. The number of hydrogen-bond donors (Lipinski definition) is 2. The van der Waals surface area contributed by atoms with Crippen molar-refractivity contribution >= 4 is 11.5 Å². The molecule has 0 unspecified atom stereocenters. The lowest BCUT2D eigenvalue weighted by Gasteiger charge is -2.10. The first-order valence-corrected chi connectivity index (χ1v) is 7.34. The van der Waals surface area contributed by atoms with E-state index in [1.165, 1.54) is 38.7 Å². The number of nitrogens with one attached hydrogen (secondary N) is 1. The van der Waals surface area contributed by atoms with Gasteiger partial charge in [0.1, 0.15) is 23.2 Å². The van der Waals surface area contributed by atoms with E-state index in [0.29, 0.717) is 0 Å². The van der Waals surface area contributed by atoms with Gasteiger partial charge in [-0.2, -0.15) is 5.26 Å². The molecule has 2 N–H and O–H groups in total. The quantitative estimate of drug-likeness (QED) is 0.497. The summed E-state index contributed by atoms with van der Waals surface area (Å²) in [6.45, 7) is 11.7. The van der Waals surface area contributed by atoms with Crippen LogP contribution in [-0.2, 0) is 4.79 Å². The lowest BCUT2D eigenvalue weighted by atomic mass is 10.1. The molecule has 1 aromatic rings. The highest BCUT2D eigenvalue weighted by molar-refractivity contribution is 6.03. The molecule has 1 rings (SSSR count). The molecule has 0 spiro atoms. The predicted molar refractivity (Wildman–Crippen MR) is 84.8 cm³/mol. The maximum atomic E-state index is 12.6. The van der Waals surface area contributed by atoms with Crippen molar-refractivity contribution in [3.05, 3.63) is 41.2 Å². The molecule has 22 heavy (non-hydrogen) atoms. The zero-order chi connectivity index (χ0) is 17.1. The summed E-state index contributed by atoms with van der Waals surface area (Å²) in [6.07, 6.45) is 0. The minimum Gasteiger partial charge on any atom is -0.506 e. The summed E-state index contributed by atoms with van der Waals surface area (Å²) < 4.78 is 12.6. The van der Waals surface area contributed by atoms with Gasteiger partial charge in [-0.25, -0.2) is 4.39 Å². The Morgan fingerprint density at radius 2 is 1.64 bits per heavy atom. The van der Waals surface area contributed by atoms with Gasteiger partial charge in [-0.05, 0) is 45.0 Å². The molecule has 0 radical (unpaired) electrons. The van der Waals surface area contributed by atoms with E-state index in [-0.39, 0.29) is 11.1 Å². The minimum absolute atomic E-state index is 0.239. The van der Waals surface area contributed by atoms with Gasteiger partial charge in [0.2, 0.25) is 0 Å². The van der Waals surface area contributed by atoms with Crippen molar-refractivity contribution in [2.45, 2.75) is 27.7 Å². The summed E-state index contributed by atoms with van der Waals surface area (Å²) in [5.41, 5.74) is -0.0928. The third-order valence-electron chi connectivity index (χ3n) is 3.32. The standard InChI is InChI=1S/C11H8FNO2.C6H15N/c1-7(14)10(6-13)11(15)8-2-4-9(12)5-3-8;1-4-7(5-2)6-3/h2-5,15H,1H3;4-6H2,1-3H3/p+1. The Morgan fingerprint density at radius 3 is 1.91 bits per heavy atom. The number of Topliss-reactive ketones (excluding diaryl/α,β-unsaturated/α-hetero) is 1. The van der Waals surface area contributed by atoms with Crippen LogP contribution in [0.1, 0.15) is 33.3 Å². The molecule has 0 aromatic heterocycles. The molecule has 0 amide bonds. The lowest BCUT2D eigenvalue weighted by Crippen LogP contribution is -3.11. The van der Waals surface area contributed by atoms with Gasteiger partial charge in [-0.1, -0.05) is 0 Å². The van der Waals surface area contributed by atoms with Crippen molar-refractivity contribution < 1.29 is 19.2 Å². The number of halogens is 1. The van der Waals surface area contributed by atoms with Crippen molar-refractivity contribution in [2.24, 2.45) is 0 Å². The fourth-order valence-corrected chi connectivity index (χ4v) is 1.80. The van der Waals surface area contributed by atoms with Crippen molar-refractivity contribution in [2.75, 3.05) is 19.6 Å². The number of nitriles is 1. The van der Waals surface area contributed by atoms with E-state index in [4.69, 9.17) is 5.26 Å². The summed E-state index contributed by atoms with van der Waals surface area (Å²) in [5.74, 6) is -1.41. The van der Waals surface area contributed by atoms with Gasteiger partial charge < -0.3 is 10.0 Å². The van der Waals surface area contributed by atoms with Crippen LogP contribution < -0.4 is 4.90 Å². The normalized spacial score (nSPS) is 11.1. The number of carbonyl (C=O) groups excluding carboxylic acids is 1. The third-order valence-corrected chi connectivity index (χ3v) is 3.32. The summed E-state index contributed by atoms with van der Waals surface area (Å²) in [7, 11) is 0. The van der Waals surface area contributed by atoms with E-state index >= 15 is 0 Å². The molecule has 0 saturated heterocycles. The lowest BCUT2D eigenvalue weighted by molar-refractivity contribution is -0.894. The van der Waals surface area contributed by atoms with Gasteiger partial charge >= 0.3 is 0 Å². The summed E-state index contributed by atoms with van der Waals surface area (Å²) in [4.78, 5) is 12.6. The van der Waals surface area contributed by atoms with Gasteiger partial charge in [-0.3, -0.25) is 4.79 Å². The Kier molecular flexibility index (Phi) is 9.48. The number of hydrogen-bond acceptors (Lipinski definition) is 3. The van der Waals surface area contributed by atoms with Crippen LogP contribution in [0.3, 0.4) is 0 Å². The maximum Gasteiger partial charge on any atom is 0.174 e. The molecule has 0 aliphatic heterocycles. The van der Waals surface area contributed by atoms with Crippen LogP contribution in [0.5, 0.6) is 0 Å². The van der Waals surface area contributed by atoms with Crippen molar-refractivity contribution in [1.29, 1.82) is 5.26 Å². The zero-order valence-electron chi connectivity index (χ0n) is 13.6. The van der Waals surface area contributed by atoms with Gasteiger partial charge in [-0.15, -0.1) is 0 Å². The van der Waals surface area contributed by atoms with Crippen molar-refractivity contribution in [3.8, 4) is 6.07 Å². The summed E-state index contributed by atoms with van der Waals surface area (Å²) in [5, 5.41) is 18.2. The molecule has 0 atom stereocenters. The van der Waals surface area contributed by atoms with E-state index in [1.54, 1.807) is 11.0 Å². The summed E-state index contributed by atoms with van der Waals surface area (Å²) >= 11 is 0. The fourth-order valence-electron chi connectivity index (χ4n) is 1.80. The van der Waals surface area contributed by atoms with Crippen LogP contribution in [0.25, 0.3) is 5.76 Å². The van der Waals surface area contributed by atoms with E-state index in [2.05, 4.69) is 20.8 Å². The second-order valence-electron chi connectivity index (χ2n) is 4.71. The molecule has 0 saturated carbocycles. The highest BCUT2D eigenvalue weighted by atomic mass is 19.1. The zero-order valence-corrected chi connectivity index (χ0v) is 13.6. The van der Waals surface area contributed by atoms with Gasteiger partial charge in [0.05, 0.1) is 19.6 Å². The second kappa shape index (κ2) is 10.5. The topological polar surface area (TPSA) is 65.5 Å². The molecular formula is C17H24FN2O2+. The molecule has 120 valence electrons. The van der Waals surface area contributed by atoms with Crippen LogP contribution in [0, 0.1) is 17.1 Å². The molecule has 4 nitrogen and oxygen atoms in total. The minimum atomic E-state index is -0.528. The highest BCUT2D eigenvalue weighted by Gasteiger charge is 2.11. The Morgan fingerprint density at radius 1 is 1.18 bits per heavy atom. The van der Waals surface area contributed by atoms with Gasteiger partial charge in [0.25, 0.3) is 0 Å². The molecule has 0 aliphatic rings. The summed E-state index contributed by atoms with van der Waals surface area (Å²) in [6, 6.07) is 6.47. The Bertz CT molecular complexity index is 535. The first-order chi connectivity index (χ1) is 10.4. The van der Waals surface area contributed by atoms with Crippen LogP contribution in [0.4, 0.5) is 4.39 Å². The average molecular weight is 307 g/mol. The van der Waals surface area contributed by atoms with Gasteiger partial charge in [0.15, 0.2) is 5.78 Å². The Labute approximate surface area is 131 Å². The fraction of sp³-hybridized carbons (Fsp3) is 0.412. The Balaban J connectivity index is 0.000000534. The molecule has 0 heterocycles. The monoisotopic (exact) mass is 307 g/mol. The smallest absolute Gasteiger partial charge is 0.174 e. The highest BCUT2D eigenvalue weighted by Crippen LogP contribution is 2.16. The van der Waals surface area contributed by atoms with E-state index in [0.717, 1.165) is 12.1 Å². The van der Waals surface area contributed by atoms with Crippen molar-refractivity contribution in [3.63, 3.8) is 0 Å². The second-order valence-corrected chi connectivity index (χ2v) is 4.71. The van der Waals surface area contributed by atoms with Gasteiger partial charge in [0, 0.05) is 12.5 Å². The number of quaternary nitrogens is 1. The number of nitrogens with zero attached hydrogens (tertiary/aromatic N) is 1. The van der Waals surface area contributed by atoms with E-state index in [9.17, 15) is 14.3 Å². The first kappa shape index (κ1) is 19.8. The Hall–Kier alpha value is -2.19. The number of ketones is 1. The number of benzene rings is 1. The molecule has 0 bridgehead atoms. The SMILES string of the molecule is CC(=O)C(C#N)=C(O)c1ccc(F)cc1.CC[NH+](CC)CC.